The second-order valence-electron chi connectivity index (χ2n) is 8.02. The van der Waals surface area contributed by atoms with Gasteiger partial charge in [0.1, 0.15) is 0 Å². The van der Waals surface area contributed by atoms with Gasteiger partial charge in [0.05, 0.1) is 16.2 Å². The van der Waals surface area contributed by atoms with Crippen LogP contribution < -0.4 is 5.56 Å². The van der Waals surface area contributed by atoms with Crippen molar-refractivity contribution in [2.75, 3.05) is 13.1 Å². The smallest absolute Gasteiger partial charge is 0.262 e. The molecular formula is C22H29N3O2S. The van der Waals surface area contributed by atoms with Crippen LogP contribution in [0.5, 0.6) is 0 Å². The zero-order chi connectivity index (χ0) is 19.5. The maximum absolute atomic E-state index is 13.2. The number of carbonyl (C=O) groups excluding carboxylic acids is 1. The zero-order valence-corrected chi connectivity index (χ0v) is 17.4. The van der Waals surface area contributed by atoms with E-state index in [4.69, 9.17) is 4.98 Å². The van der Waals surface area contributed by atoms with Crippen molar-refractivity contribution in [2.45, 2.75) is 74.7 Å². The Labute approximate surface area is 170 Å². The van der Waals surface area contributed by atoms with E-state index in [9.17, 15) is 9.59 Å². The molecule has 1 atom stereocenters. The van der Waals surface area contributed by atoms with Gasteiger partial charge in [-0.2, -0.15) is 0 Å². The molecule has 0 N–H and O–H groups in total. The number of hydrogen-bond acceptors (Lipinski definition) is 4. The highest BCUT2D eigenvalue weighted by Gasteiger charge is 2.27. The quantitative estimate of drug-likeness (QED) is 0.565. The number of para-hydroxylation sites is 1. The first-order valence-corrected chi connectivity index (χ1v) is 11.5. The molecule has 5 nitrogen and oxygen atoms in total. The molecule has 2 aromatic rings. The van der Waals surface area contributed by atoms with Gasteiger partial charge in [-0.15, -0.1) is 0 Å². The van der Waals surface area contributed by atoms with Crippen molar-refractivity contribution in [1.29, 1.82) is 0 Å². The molecule has 1 amide bonds. The molecular weight excluding hydrogens is 370 g/mol. The molecule has 4 rings (SSSR count). The molecule has 0 spiro atoms. The molecule has 1 saturated heterocycles. The molecule has 1 aromatic carbocycles. The van der Waals surface area contributed by atoms with Gasteiger partial charge in [-0.1, -0.05) is 49.6 Å². The lowest BCUT2D eigenvalue weighted by Crippen LogP contribution is -2.37. The average molecular weight is 400 g/mol. The molecule has 0 radical (unpaired) electrons. The molecule has 6 heteroatoms. The summed E-state index contributed by atoms with van der Waals surface area (Å²) in [6, 6.07) is 7.75. The summed E-state index contributed by atoms with van der Waals surface area (Å²) in [6.45, 7) is 3.66. The Morgan fingerprint density at radius 1 is 1.07 bits per heavy atom. The van der Waals surface area contributed by atoms with Gasteiger partial charge in [-0.05, 0) is 44.7 Å². The van der Waals surface area contributed by atoms with Gasteiger partial charge in [0.2, 0.25) is 5.91 Å². The molecule has 0 bridgehead atoms. The number of benzene rings is 1. The van der Waals surface area contributed by atoms with Gasteiger partial charge in [-0.3, -0.25) is 14.2 Å². The van der Waals surface area contributed by atoms with Crippen LogP contribution in [0.4, 0.5) is 0 Å². The third kappa shape index (κ3) is 3.97. The number of likely N-dealkylation sites (tertiary alicyclic amines) is 1. The first-order chi connectivity index (χ1) is 13.6. The van der Waals surface area contributed by atoms with Crippen LogP contribution in [0.15, 0.2) is 34.2 Å². The summed E-state index contributed by atoms with van der Waals surface area (Å²) in [6.07, 6.45) is 8.92. The van der Waals surface area contributed by atoms with E-state index in [2.05, 4.69) is 0 Å². The number of nitrogens with zero attached hydrogens (tertiary/aromatic N) is 3. The van der Waals surface area contributed by atoms with Gasteiger partial charge in [0, 0.05) is 19.1 Å². The van der Waals surface area contributed by atoms with Crippen LogP contribution in [-0.4, -0.2) is 38.7 Å². The average Bonchev–Trinajstić information content (AvgIpc) is 3.09. The topological polar surface area (TPSA) is 55.2 Å². The molecule has 2 heterocycles. The van der Waals surface area contributed by atoms with Crippen molar-refractivity contribution in [3.05, 3.63) is 34.6 Å². The van der Waals surface area contributed by atoms with Gasteiger partial charge < -0.3 is 4.90 Å². The number of carbonyl (C=O) groups is 1. The summed E-state index contributed by atoms with van der Waals surface area (Å²) in [7, 11) is 0. The SMILES string of the molecule is C[C@H](Sc1nc2ccccc2c(=O)n1C1CCCC1)C(=O)N1CCCCCC1. The van der Waals surface area contributed by atoms with Crippen molar-refractivity contribution in [3.63, 3.8) is 0 Å². The van der Waals surface area contributed by atoms with Crippen LogP contribution in [0.25, 0.3) is 10.9 Å². The second-order valence-corrected chi connectivity index (χ2v) is 9.33. The van der Waals surface area contributed by atoms with E-state index in [1.807, 2.05) is 40.7 Å². The Morgan fingerprint density at radius 2 is 1.75 bits per heavy atom. The van der Waals surface area contributed by atoms with E-state index < -0.39 is 0 Å². The minimum Gasteiger partial charge on any atom is -0.342 e. The summed E-state index contributed by atoms with van der Waals surface area (Å²) in [5.41, 5.74) is 0.757. The van der Waals surface area contributed by atoms with Crippen molar-refractivity contribution < 1.29 is 4.79 Å². The lowest BCUT2D eigenvalue weighted by Gasteiger charge is -2.25. The molecule has 1 saturated carbocycles. The maximum atomic E-state index is 13.2. The lowest BCUT2D eigenvalue weighted by molar-refractivity contribution is -0.130. The number of fused-ring (bicyclic) bond motifs is 1. The number of thioether (sulfide) groups is 1. The van der Waals surface area contributed by atoms with Gasteiger partial charge in [0.15, 0.2) is 5.16 Å². The highest BCUT2D eigenvalue weighted by Crippen LogP contribution is 2.33. The van der Waals surface area contributed by atoms with Gasteiger partial charge in [-0.25, -0.2) is 4.98 Å². The van der Waals surface area contributed by atoms with Crippen molar-refractivity contribution in [3.8, 4) is 0 Å². The standard InChI is InChI=1S/C22H29N3O2S/c1-16(20(26)24-14-8-2-3-9-15-24)28-22-23-19-13-7-6-12-18(19)21(27)25(22)17-10-4-5-11-17/h6-7,12-13,16-17H,2-5,8-11,14-15H2,1H3/t16-/m0/s1. The Kier molecular flexibility index (Phi) is 6.04. The van der Waals surface area contributed by atoms with E-state index in [0.29, 0.717) is 10.5 Å². The van der Waals surface area contributed by atoms with E-state index in [-0.39, 0.29) is 22.8 Å². The van der Waals surface area contributed by atoms with E-state index in [1.165, 1.54) is 24.6 Å². The minimum absolute atomic E-state index is 0.0365. The molecule has 0 unspecified atom stereocenters. The molecule has 1 aliphatic carbocycles. The molecule has 1 aliphatic heterocycles. The Hall–Kier alpha value is -1.82. The minimum atomic E-state index is -0.237. The first kappa shape index (κ1) is 19.5. The fraction of sp³-hybridized carbons (Fsp3) is 0.591. The highest BCUT2D eigenvalue weighted by atomic mass is 32.2. The summed E-state index contributed by atoms with van der Waals surface area (Å²) in [5.74, 6) is 0.173. The predicted molar refractivity (Wildman–Crippen MR) is 114 cm³/mol. The summed E-state index contributed by atoms with van der Waals surface area (Å²) < 4.78 is 1.88. The summed E-state index contributed by atoms with van der Waals surface area (Å²) >= 11 is 1.46. The zero-order valence-electron chi connectivity index (χ0n) is 16.6. The number of rotatable bonds is 4. The molecule has 150 valence electrons. The fourth-order valence-electron chi connectivity index (χ4n) is 4.45. The van der Waals surface area contributed by atoms with Crippen LogP contribution in [0.3, 0.4) is 0 Å². The molecule has 28 heavy (non-hydrogen) atoms. The van der Waals surface area contributed by atoms with Crippen LogP contribution >= 0.6 is 11.8 Å². The number of amides is 1. The Balaban J connectivity index is 1.65. The molecule has 2 fully saturated rings. The Morgan fingerprint density at radius 3 is 2.46 bits per heavy atom. The first-order valence-electron chi connectivity index (χ1n) is 10.6. The fourth-order valence-corrected chi connectivity index (χ4v) is 5.51. The highest BCUT2D eigenvalue weighted by molar-refractivity contribution is 8.00. The predicted octanol–water partition coefficient (Wildman–Crippen LogP) is 4.39. The van der Waals surface area contributed by atoms with Crippen molar-refractivity contribution >= 4 is 28.6 Å². The van der Waals surface area contributed by atoms with Crippen LogP contribution in [0.2, 0.25) is 0 Å². The maximum Gasteiger partial charge on any atom is 0.262 e. The summed E-state index contributed by atoms with van der Waals surface area (Å²) in [4.78, 5) is 33.1. The third-order valence-electron chi connectivity index (χ3n) is 6.01. The Bertz CT molecular complexity index is 896. The normalized spacial score (nSPS) is 19.7. The van der Waals surface area contributed by atoms with Crippen molar-refractivity contribution in [1.82, 2.24) is 14.5 Å². The van der Waals surface area contributed by atoms with Crippen LogP contribution in [-0.2, 0) is 4.79 Å². The lowest BCUT2D eigenvalue weighted by atomic mass is 10.2. The van der Waals surface area contributed by atoms with Crippen LogP contribution in [0, 0.1) is 0 Å². The molecule has 1 aromatic heterocycles. The second kappa shape index (κ2) is 8.68. The van der Waals surface area contributed by atoms with Crippen molar-refractivity contribution in [2.24, 2.45) is 0 Å². The van der Waals surface area contributed by atoms with E-state index in [1.54, 1.807) is 0 Å². The molecule has 2 aliphatic rings. The van der Waals surface area contributed by atoms with Gasteiger partial charge in [0.25, 0.3) is 5.56 Å². The van der Waals surface area contributed by atoms with E-state index >= 15 is 0 Å². The monoisotopic (exact) mass is 399 g/mol. The number of aromatic nitrogens is 2. The largest absolute Gasteiger partial charge is 0.342 e. The third-order valence-corrected chi connectivity index (χ3v) is 7.07. The summed E-state index contributed by atoms with van der Waals surface area (Å²) in [5, 5.41) is 1.13. The van der Waals surface area contributed by atoms with Crippen LogP contribution in [0.1, 0.15) is 64.3 Å². The van der Waals surface area contributed by atoms with E-state index in [0.717, 1.165) is 57.1 Å². The van der Waals surface area contributed by atoms with Gasteiger partial charge >= 0.3 is 0 Å². The number of hydrogen-bond donors (Lipinski definition) is 0.